The highest BCUT2D eigenvalue weighted by molar-refractivity contribution is 6.42. The van der Waals surface area contributed by atoms with Crippen molar-refractivity contribution < 1.29 is 0 Å². The molecule has 0 fully saturated rings. The van der Waals surface area contributed by atoms with E-state index in [9.17, 15) is 0 Å². The summed E-state index contributed by atoms with van der Waals surface area (Å²) in [5.74, 6) is 0. The van der Waals surface area contributed by atoms with Crippen LogP contribution < -0.4 is 5.32 Å². The van der Waals surface area contributed by atoms with E-state index in [1.165, 1.54) is 39.7 Å². The summed E-state index contributed by atoms with van der Waals surface area (Å²) >= 11 is 12.3. The third-order valence-corrected chi connectivity index (χ3v) is 6.12. The summed E-state index contributed by atoms with van der Waals surface area (Å²) < 4.78 is 2.57. The van der Waals surface area contributed by atoms with E-state index in [-0.39, 0.29) is 0 Å². The van der Waals surface area contributed by atoms with Gasteiger partial charge in [0.25, 0.3) is 0 Å². The van der Waals surface area contributed by atoms with E-state index in [0.717, 1.165) is 38.0 Å². The van der Waals surface area contributed by atoms with Gasteiger partial charge >= 0.3 is 0 Å². The summed E-state index contributed by atoms with van der Waals surface area (Å²) in [6.45, 7) is 3.21. The standard InChI is InChI=1S/C20H18Cl2N2/c21-17-4-3-12(10-18(17)22)14-8-13-2-1-7-24-19-5-6-23-11-16(19)15(9-14)20(13)24/h3-4,8-10,23H,1-2,5-7,11H2. The minimum Gasteiger partial charge on any atom is -0.344 e. The molecule has 0 radical (unpaired) electrons. The third-order valence-electron chi connectivity index (χ3n) is 5.38. The Hall–Kier alpha value is -1.48. The van der Waals surface area contributed by atoms with Crippen molar-refractivity contribution in [2.24, 2.45) is 0 Å². The summed E-state index contributed by atoms with van der Waals surface area (Å²) in [5, 5.41) is 6.17. The van der Waals surface area contributed by atoms with Crippen LogP contribution in [-0.2, 0) is 25.9 Å². The molecule has 2 aromatic carbocycles. The van der Waals surface area contributed by atoms with E-state index in [1.807, 2.05) is 12.1 Å². The second kappa shape index (κ2) is 5.52. The van der Waals surface area contributed by atoms with E-state index in [1.54, 1.807) is 0 Å². The van der Waals surface area contributed by atoms with E-state index >= 15 is 0 Å². The molecule has 0 bridgehead atoms. The number of rotatable bonds is 1. The smallest absolute Gasteiger partial charge is 0.0598 e. The molecule has 24 heavy (non-hydrogen) atoms. The Morgan fingerprint density at radius 2 is 1.88 bits per heavy atom. The van der Waals surface area contributed by atoms with Crippen LogP contribution in [0.15, 0.2) is 30.3 Å². The Bertz CT molecular complexity index is 972. The molecule has 2 aliphatic rings. The Kier molecular flexibility index (Phi) is 3.41. The molecule has 0 spiro atoms. The molecule has 0 amide bonds. The van der Waals surface area contributed by atoms with Gasteiger partial charge in [-0.3, -0.25) is 0 Å². The van der Waals surface area contributed by atoms with Gasteiger partial charge in [0.2, 0.25) is 0 Å². The summed E-state index contributed by atoms with van der Waals surface area (Å²) in [5.41, 5.74) is 8.33. The van der Waals surface area contributed by atoms with Crippen molar-refractivity contribution in [1.82, 2.24) is 9.88 Å². The molecule has 0 atom stereocenters. The van der Waals surface area contributed by atoms with Crippen molar-refractivity contribution in [2.75, 3.05) is 6.54 Å². The average molecular weight is 357 g/mol. The second-order valence-electron chi connectivity index (χ2n) is 6.77. The Morgan fingerprint density at radius 1 is 0.958 bits per heavy atom. The maximum Gasteiger partial charge on any atom is 0.0598 e. The lowest BCUT2D eigenvalue weighted by molar-refractivity contribution is 0.568. The summed E-state index contributed by atoms with van der Waals surface area (Å²) in [7, 11) is 0. The van der Waals surface area contributed by atoms with Gasteiger partial charge in [-0.05, 0) is 59.4 Å². The zero-order chi connectivity index (χ0) is 16.3. The Balaban J connectivity index is 1.79. The number of aromatic nitrogens is 1. The van der Waals surface area contributed by atoms with Gasteiger partial charge in [0.05, 0.1) is 15.6 Å². The highest BCUT2D eigenvalue weighted by Gasteiger charge is 2.24. The minimum atomic E-state index is 0.607. The topological polar surface area (TPSA) is 17.0 Å². The number of fused-ring (bicyclic) bond motifs is 3. The Morgan fingerprint density at radius 3 is 2.75 bits per heavy atom. The molecule has 3 aromatic rings. The van der Waals surface area contributed by atoms with Gasteiger partial charge in [-0.15, -0.1) is 0 Å². The number of halogens is 2. The molecule has 5 rings (SSSR count). The van der Waals surface area contributed by atoms with Crippen molar-refractivity contribution >= 4 is 34.1 Å². The van der Waals surface area contributed by atoms with Crippen molar-refractivity contribution in [1.29, 1.82) is 0 Å². The van der Waals surface area contributed by atoms with Crippen molar-refractivity contribution in [2.45, 2.75) is 32.4 Å². The highest BCUT2D eigenvalue weighted by atomic mass is 35.5. The fourth-order valence-corrected chi connectivity index (χ4v) is 4.61. The molecular formula is C20H18Cl2N2. The number of aryl methyl sites for hydroxylation is 2. The predicted octanol–water partition coefficient (Wildman–Crippen LogP) is 5.21. The first-order valence-electron chi connectivity index (χ1n) is 8.55. The van der Waals surface area contributed by atoms with Gasteiger partial charge in [-0.25, -0.2) is 0 Å². The first-order chi connectivity index (χ1) is 11.7. The lowest BCUT2D eigenvalue weighted by Gasteiger charge is -2.20. The molecule has 1 N–H and O–H groups in total. The van der Waals surface area contributed by atoms with Gasteiger partial charge in [-0.2, -0.15) is 0 Å². The molecular weight excluding hydrogens is 339 g/mol. The fourth-order valence-electron chi connectivity index (χ4n) is 4.31. The predicted molar refractivity (Wildman–Crippen MR) is 101 cm³/mol. The van der Waals surface area contributed by atoms with Crippen LogP contribution in [0.2, 0.25) is 10.0 Å². The fraction of sp³-hybridized carbons (Fsp3) is 0.300. The summed E-state index contributed by atoms with van der Waals surface area (Å²) in [6, 6.07) is 10.6. The van der Waals surface area contributed by atoms with Crippen molar-refractivity contribution in [3.63, 3.8) is 0 Å². The molecule has 0 saturated carbocycles. The van der Waals surface area contributed by atoms with Crippen LogP contribution in [0.1, 0.15) is 23.2 Å². The van der Waals surface area contributed by atoms with Gasteiger partial charge in [0.15, 0.2) is 0 Å². The van der Waals surface area contributed by atoms with Crippen LogP contribution in [-0.4, -0.2) is 11.1 Å². The molecule has 2 nitrogen and oxygen atoms in total. The lowest BCUT2D eigenvalue weighted by atomic mass is 9.95. The van der Waals surface area contributed by atoms with E-state index in [2.05, 4.69) is 28.1 Å². The normalized spacial score (nSPS) is 16.4. The maximum atomic E-state index is 6.24. The van der Waals surface area contributed by atoms with Crippen LogP contribution in [0, 0.1) is 0 Å². The molecule has 122 valence electrons. The van der Waals surface area contributed by atoms with Gasteiger partial charge in [0, 0.05) is 37.1 Å². The number of hydrogen-bond donors (Lipinski definition) is 1. The zero-order valence-electron chi connectivity index (χ0n) is 13.3. The zero-order valence-corrected chi connectivity index (χ0v) is 14.8. The number of benzene rings is 2. The lowest BCUT2D eigenvalue weighted by Crippen LogP contribution is -2.25. The summed E-state index contributed by atoms with van der Waals surface area (Å²) in [4.78, 5) is 0. The number of hydrogen-bond acceptors (Lipinski definition) is 1. The monoisotopic (exact) mass is 356 g/mol. The first-order valence-corrected chi connectivity index (χ1v) is 9.31. The molecule has 0 aliphatic carbocycles. The first kappa shape index (κ1) is 14.8. The average Bonchev–Trinajstić information content (AvgIpc) is 2.94. The summed E-state index contributed by atoms with van der Waals surface area (Å²) in [6.07, 6.45) is 3.51. The van der Waals surface area contributed by atoms with Crippen LogP contribution >= 0.6 is 23.2 Å². The van der Waals surface area contributed by atoms with Gasteiger partial charge < -0.3 is 9.88 Å². The van der Waals surface area contributed by atoms with Crippen LogP contribution in [0.25, 0.3) is 22.0 Å². The third kappa shape index (κ3) is 2.13. The van der Waals surface area contributed by atoms with E-state index < -0.39 is 0 Å². The van der Waals surface area contributed by atoms with Crippen LogP contribution in [0.4, 0.5) is 0 Å². The SMILES string of the molecule is Clc1ccc(-c2cc3c4c(c2)c2c(n4CCC3)CCNC2)cc1Cl. The number of nitrogens with zero attached hydrogens (tertiary/aromatic N) is 1. The van der Waals surface area contributed by atoms with Crippen LogP contribution in [0.3, 0.4) is 0 Å². The molecule has 0 saturated heterocycles. The quantitative estimate of drug-likeness (QED) is 0.633. The van der Waals surface area contributed by atoms with Crippen molar-refractivity contribution in [3.05, 3.63) is 57.2 Å². The second-order valence-corrected chi connectivity index (χ2v) is 7.58. The van der Waals surface area contributed by atoms with Crippen LogP contribution in [0.5, 0.6) is 0 Å². The highest BCUT2D eigenvalue weighted by Crippen LogP contribution is 2.38. The number of nitrogens with one attached hydrogen (secondary N) is 1. The van der Waals surface area contributed by atoms with E-state index in [4.69, 9.17) is 23.2 Å². The van der Waals surface area contributed by atoms with Crippen molar-refractivity contribution in [3.8, 4) is 11.1 Å². The molecule has 3 heterocycles. The van der Waals surface area contributed by atoms with E-state index in [0.29, 0.717) is 10.0 Å². The largest absolute Gasteiger partial charge is 0.344 e. The minimum absolute atomic E-state index is 0.607. The molecule has 0 unspecified atom stereocenters. The van der Waals surface area contributed by atoms with Gasteiger partial charge in [0.1, 0.15) is 0 Å². The Labute approximate surface area is 151 Å². The molecule has 4 heteroatoms. The molecule has 1 aromatic heterocycles. The maximum absolute atomic E-state index is 6.24. The molecule has 2 aliphatic heterocycles. The van der Waals surface area contributed by atoms with Gasteiger partial charge in [-0.1, -0.05) is 29.3 Å².